The molecule has 0 aliphatic heterocycles. The third-order valence-corrected chi connectivity index (χ3v) is 5.07. The molecule has 4 aromatic rings. The number of hydrogen-bond donors (Lipinski definition) is 2. The maximum atomic E-state index is 13.2. The Morgan fingerprint density at radius 1 is 1.11 bits per heavy atom. The number of nitrogens with zero attached hydrogens (tertiary/aromatic N) is 3. The third-order valence-electron chi connectivity index (χ3n) is 5.07. The Morgan fingerprint density at radius 2 is 1.89 bits per heavy atom. The van der Waals surface area contributed by atoms with E-state index in [1.165, 1.54) is 17.0 Å². The highest BCUT2D eigenvalue weighted by atomic mass is 16.5. The molecule has 182 valence electrons. The van der Waals surface area contributed by atoms with Crippen molar-refractivity contribution >= 4 is 11.7 Å². The maximum Gasteiger partial charge on any atom is 0.256 e. The highest BCUT2D eigenvalue weighted by Gasteiger charge is 2.19. The Bertz CT molecular complexity index is 1370. The van der Waals surface area contributed by atoms with Crippen LogP contribution in [-0.4, -0.2) is 38.9 Å². The van der Waals surface area contributed by atoms with E-state index < -0.39 is 5.91 Å². The van der Waals surface area contributed by atoms with E-state index in [1.54, 1.807) is 36.4 Å². The highest BCUT2D eigenvalue weighted by molar-refractivity contribution is 6.04. The monoisotopic (exact) mass is 477 g/mol. The lowest BCUT2D eigenvalue weighted by Crippen LogP contribution is -2.19. The molecular weight excluding hydrogens is 450 g/mol. The average Bonchev–Trinajstić information content (AvgIpc) is 3.50. The van der Waals surface area contributed by atoms with Gasteiger partial charge in [-0.3, -0.25) is 14.6 Å². The normalized spacial score (nSPS) is 11.0. The second-order valence-corrected chi connectivity index (χ2v) is 7.93. The van der Waals surface area contributed by atoms with Crippen molar-refractivity contribution in [3.63, 3.8) is 0 Å². The van der Waals surface area contributed by atoms with Crippen molar-refractivity contribution in [2.45, 2.75) is 33.6 Å². The molecule has 0 atom stereocenters. The van der Waals surface area contributed by atoms with Crippen LogP contribution in [0, 0.1) is 0 Å². The lowest BCUT2D eigenvalue weighted by atomic mass is 10.1. The van der Waals surface area contributed by atoms with Gasteiger partial charge in [-0.15, -0.1) is 0 Å². The van der Waals surface area contributed by atoms with E-state index in [0.717, 1.165) is 0 Å². The van der Waals surface area contributed by atoms with Gasteiger partial charge in [0.1, 0.15) is 11.5 Å². The molecule has 0 unspecified atom stereocenters. The minimum atomic E-state index is -0.400. The summed E-state index contributed by atoms with van der Waals surface area (Å²) in [7, 11) is 0. The first kappa shape index (κ1) is 23.8. The number of aromatic amines is 1. The van der Waals surface area contributed by atoms with Crippen LogP contribution in [-0.2, 0) is 0 Å². The van der Waals surface area contributed by atoms with E-state index in [-0.39, 0.29) is 17.4 Å². The van der Waals surface area contributed by atoms with Crippen LogP contribution >= 0.6 is 0 Å². The molecule has 0 aliphatic rings. The van der Waals surface area contributed by atoms with Gasteiger partial charge in [0.2, 0.25) is 5.95 Å². The third kappa shape index (κ3) is 5.26. The van der Waals surface area contributed by atoms with Gasteiger partial charge in [0, 0.05) is 17.7 Å². The molecule has 3 aromatic heterocycles. The fourth-order valence-electron chi connectivity index (χ4n) is 3.42. The van der Waals surface area contributed by atoms with Crippen molar-refractivity contribution in [2.24, 2.45) is 0 Å². The number of amides is 1. The predicted octanol–water partition coefficient (Wildman–Crippen LogP) is 4.39. The van der Waals surface area contributed by atoms with E-state index in [1.807, 2.05) is 27.7 Å². The lowest BCUT2D eigenvalue weighted by molar-refractivity contribution is 0.102. The fourth-order valence-corrected chi connectivity index (χ4v) is 3.42. The summed E-state index contributed by atoms with van der Waals surface area (Å²) >= 11 is 0. The topological polar surface area (TPSA) is 124 Å². The Kier molecular flexibility index (Phi) is 7.00. The Labute approximate surface area is 201 Å². The number of benzene rings is 1. The van der Waals surface area contributed by atoms with Gasteiger partial charge in [-0.25, -0.2) is 4.98 Å². The molecule has 35 heavy (non-hydrogen) atoms. The molecule has 0 saturated carbocycles. The van der Waals surface area contributed by atoms with Gasteiger partial charge >= 0.3 is 0 Å². The minimum absolute atomic E-state index is 0.0232. The first-order valence-electron chi connectivity index (χ1n) is 11.4. The molecular formula is C25H27N5O5. The molecule has 1 amide bonds. The zero-order chi connectivity index (χ0) is 24.9. The zero-order valence-corrected chi connectivity index (χ0v) is 20.0. The molecule has 1 aromatic carbocycles. The first-order chi connectivity index (χ1) is 16.9. The van der Waals surface area contributed by atoms with Crippen LogP contribution in [0.3, 0.4) is 0 Å². The first-order valence-corrected chi connectivity index (χ1v) is 11.4. The summed E-state index contributed by atoms with van der Waals surface area (Å²) in [5.41, 5.74) is 1.11. The van der Waals surface area contributed by atoms with E-state index in [4.69, 9.17) is 13.9 Å². The van der Waals surface area contributed by atoms with Gasteiger partial charge in [0.15, 0.2) is 17.3 Å². The number of hydrogen-bond acceptors (Lipinski definition) is 7. The van der Waals surface area contributed by atoms with E-state index >= 15 is 0 Å². The van der Waals surface area contributed by atoms with Gasteiger partial charge in [0.05, 0.1) is 25.2 Å². The van der Waals surface area contributed by atoms with Crippen molar-refractivity contribution in [1.82, 2.24) is 19.7 Å². The minimum Gasteiger partial charge on any atom is -0.490 e. The quantitative estimate of drug-likeness (QED) is 0.366. The van der Waals surface area contributed by atoms with Crippen molar-refractivity contribution in [2.75, 3.05) is 18.5 Å². The standard InChI is InChI=1S/C25H27N5O5/c1-5-33-20-10-9-16(12-21(20)34-6-2)24(32)27-22-13-18(19-8-7-11-35-19)29-30(22)25-26-17(15(3)4)14-23(31)28-25/h7-15H,5-6H2,1-4H3,(H,27,32)(H,26,28,31). The van der Waals surface area contributed by atoms with Crippen LogP contribution in [0.4, 0.5) is 5.82 Å². The summed E-state index contributed by atoms with van der Waals surface area (Å²) < 4.78 is 18.1. The molecule has 2 N–H and O–H groups in total. The number of rotatable bonds is 9. The Morgan fingerprint density at radius 3 is 2.57 bits per heavy atom. The molecule has 3 heterocycles. The maximum absolute atomic E-state index is 13.2. The van der Waals surface area contributed by atoms with Gasteiger partial charge in [-0.2, -0.15) is 9.78 Å². The fraction of sp³-hybridized carbons (Fsp3) is 0.280. The van der Waals surface area contributed by atoms with E-state index in [2.05, 4.69) is 20.4 Å². The number of anilines is 1. The second-order valence-electron chi connectivity index (χ2n) is 7.93. The van der Waals surface area contributed by atoms with Gasteiger partial charge in [0.25, 0.3) is 11.5 Å². The highest BCUT2D eigenvalue weighted by Crippen LogP contribution is 2.30. The molecule has 0 spiro atoms. The molecule has 4 rings (SSSR count). The summed E-state index contributed by atoms with van der Waals surface area (Å²) in [6.07, 6.45) is 1.53. The van der Waals surface area contributed by atoms with E-state index in [0.29, 0.717) is 53.2 Å². The zero-order valence-electron chi connectivity index (χ0n) is 20.0. The van der Waals surface area contributed by atoms with E-state index in [9.17, 15) is 9.59 Å². The largest absolute Gasteiger partial charge is 0.490 e. The molecule has 10 heteroatoms. The SMILES string of the molecule is CCOc1ccc(C(=O)Nc2cc(-c3ccco3)nn2-c2nc(C(C)C)cc(=O)[nH]2)cc1OCC. The van der Waals surface area contributed by atoms with Gasteiger partial charge in [-0.1, -0.05) is 13.8 Å². The van der Waals surface area contributed by atoms with Crippen molar-refractivity contribution < 1.29 is 18.7 Å². The van der Waals surface area contributed by atoms with Crippen LogP contribution in [0.1, 0.15) is 49.7 Å². The second kappa shape index (κ2) is 10.3. The van der Waals surface area contributed by atoms with Crippen molar-refractivity contribution in [3.8, 4) is 28.9 Å². The van der Waals surface area contributed by atoms with Gasteiger partial charge in [-0.05, 0) is 50.1 Å². The molecule has 0 fully saturated rings. The summed E-state index contributed by atoms with van der Waals surface area (Å²) in [5, 5.41) is 7.39. The Hall–Kier alpha value is -4.34. The summed E-state index contributed by atoms with van der Waals surface area (Å²) in [5.74, 6) is 1.64. The summed E-state index contributed by atoms with van der Waals surface area (Å²) in [4.78, 5) is 32.7. The number of furan rings is 1. The molecule has 0 radical (unpaired) electrons. The summed E-state index contributed by atoms with van der Waals surface area (Å²) in [6.45, 7) is 8.51. The number of aromatic nitrogens is 4. The van der Waals surface area contributed by atoms with Crippen LogP contribution in [0.25, 0.3) is 17.4 Å². The number of carbonyl (C=O) groups excluding carboxylic acids is 1. The predicted molar refractivity (Wildman–Crippen MR) is 131 cm³/mol. The van der Waals surface area contributed by atoms with Gasteiger partial charge < -0.3 is 19.2 Å². The molecule has 0 bridgehead atoms. The van der Waals surface area contributed by atoms with Crippen molar-refractivity contribution in [3.05, 3.63) is 70.3 Å². The molecule has 10 nitrogen and oxygen atoms in total. The Balaban J connectivity index is 1.74. The number of carbonyl (C=O) groups is 1. The van der Waals surface area contributed by atoms with Crippen molar-refractivity contribution in [1.29, 1.82) is 0 Å². The van der Waals surface area contributed by atoms with Crippen LogP contribution in [0.15, 0.2) is 57.9 Å². The number of nitrogens with one attached hydrogen (secondary N) is 2. The van der Waals surface area contributed by atoms with Crippen LogP contribution in [0.5, 0.6) is 11.5 Å². The lowest BCUT2D eigenvalue weighted by Gasteiger charge is -2.13. The van der Waals surface area contributed by atoms with Crippen LogP contribution < -0.4 is 20.3 Å². The van der Waals surface area contributed by atoms with Crippen LogP contribution in [0.2, 0.25) is 0 Å². The number of H-pyrrole nitrogens is 1. The smallest absolute Gasteiger partial charge is 0.256 e. The average molecular weight is 478 g/mol. The molecule has 0 aliphatic carbocycles. The molecule has 0 saturated heterocycles. The summed E-state index contributed by atoms with van der Waals surface area (Å²) in [6, 6.07) is 11.5. The number of ether oxygens (including phenoxy) is 2.